The van der Waals surface area contributed by atoms with Crippen molar-refractivity contribution in [1.82, 2.24) is 14.5 Å². The van der Waals surface area contributed by atoms with E-state index in [1.165, 1.54) is 0 Å². The standard InChI is InChI=1S/C47H32N3O.Pt/c1-31-25-35(27-36(26-31)43-29-34(32-13-4-2-5-14-32)30-44(49-43)41-18-9-11-22-46(41)51)42-28-33(23-24-48-42)38-19-12-20-40-39-17-8-10-21-45(39)50(47(38)40)37-15-6-3-7-16-37;/h2-26,28-30,51H,1H3;/q-1;/i1D3;. The summed E-state index contributed by atoms with van der Waals surface area (Å²) < 4.78 is 27.6. The molecule has 0 aliphatic heterocycles. The molecule has 52 heavy (non-hydrogen) atoms. The maximum Gasteiger partial charge on any atom is 0.124 e. The third-order valence-corrected chi connectivity index (χ3v) is 9.31. The van der Waals surface area contributed by atoms with Crippen LogP contribution in [0.4, 0.5) is 0 Å². The van der Waals surface area contributed by atoms with Crippen LogP contribution in [0.15, 0.2) is 170 Å². The number of fused-ring (bicyclic) bond motifs is 3. The van der Waals surface area contributed by atoms with E-state index in [9.17, 15) is 5.11 Å². The van der Waals surface area contributed by atoms with Crippen LogP contribution in [0.1, 0.15) is 9.68 Å². The summed E-state index contributed by atoms with van der Waals surface area (Å²) in [4.78, 5) is 9.74. The topological polar surface area (TPSA) is 50.9 Å². The van der Waals surface area contributed by atoms with Crippen LogP contribution in [-0.4, -0.2) is 19.6 Å². The minimum absolute atomic E-state index is 0. The van der Waals surface area contributed by atoms with Gasteiger partial charge in [-0.3, -0.25) is 9.97 Å². The van der Waals surface area contributed by atoms with Gasteiger partial charge in [0.05, 0.1) is 16.7 Å². The summed E-state index contributed by atoms with van der Waals surface area (Å²) in [6, 6.07) is 56.7. The maximum atomic E-state index is 10.8. The van der Waals surface area contributed by atoms with Gasteiger partial charge in [0.2, 0.25) is 0 Å². The first-order chi connectivity index (χ1) is 26.3. The third-order valence-electron chi connectivity index (χ3n) is 9.31. The molecule has 3 aromatic heterocycles. The fourth-order valence-corrected chi connectivity index (χ4v) is 6.98. The Bertz CT molecular complexity index is 2840. The predicted octanol–water partition coefficient (Wildman–Crippen LogP) is 11.7. The summed E-state index contributed by atoms with van der Waals surface area (Å²) in [5, 5.41) is 13.1. The van der Waals surface area contributed by atoms with E-state index in [1.54, 1.807) is 30.5 Å². The summed E-state index contributed by atoms with van der Waals surface area (Å²) in [5.74, 6) is 0.101. The molecule has 0 saturated heterocycles. The number of aryl methyl sites for hydroxylation is 1. The van der Waals surface area contributed by atoms with Gasteiger partial charge in [-0.05, 0) is 59.2 Å². The van der Waals surface area contributed by atoms with Crippen molar-refractivity contribution in [3.8, 4) is 67.5 Å². The number of phenolic OH excluding ortho intramolecular Hbond substituents is 1. The van der Waals surface area contributed by atoms with E-state index in [0.29, 0.717) is 33.8 Å². The van der Waals surface area contributed by atoms with E-state index in [2.05, 4.69) is 65.2 Å². The second-order valence-corrected chi connectivity index (χ2v) is 12.5. The van der Waals surface area contributed by atoms with Crippen LogP contribution in [0, 0.1) is 12.9 Å². The predicted molar refractivity (Wildman–Crippen MR) is 209 cm³/mol. The van der Waals surface area contributed by atoms with Crippen LogP contribution in [0.2, 0.25) is 0 Å². The SMILES string of the molecule is [2H]C([2H])([2H])c1cc(-c2cc(-c3cccc4c5ccccc5n(-c5ccccc5)c34)ccn2)[c-]c(-c2cc(-c3ccccc3)cc(-c3ccccc3O)n2)c1.[Pt]. The van der Waals surface area contributed by atoms with Crippen molar-refractivity contribution in [2.24, 2.45) is 0 Å². The molecule has 1 N–H and O–H groups in total. The van der Waals surface area contributed by atoms with E-state index in [4.69, 9.17) is 14.1 Å². The number of nitrogens with zero attached hydrogens (tertiary/aromatic N) is 3. The number of aromatic hydroxyl groups is 1. The first-order valence-corrected chi connectivity index (χ1v) is 16.8. The second-order valence-electron chi connectivity index (χ2n) is 12.5. The molecule has 0 amide bonds. The molecule has 5 heteroatoms. The molecule has 4 nitrogen and oxygen atoms in total. The molecule has 0 radical (unpaired) electrons. The molecule has 9 rings (SSSR count). The molecule has 252 valence electrons. The van der Waals surface area contributed by atoms with Crippen LogP contribution < -0.4 is 0 Å². The molecule has 0 saturated carbocycles. The molecule has 0 bridgehead atoms. The Kier molecular flexibility index (Phi) is 7.92. The molecule has 9 aromatic rings. The zero-order chi connectivity index (χ0) is 36.8. The number of hydrogen-bond acceptors (Lipinski definition) is 3. The van der Waals surface area contributed by atoms with Crippen LogP contribution in [0.25, 0.3) is 83.5 Å². The molecule has 0 aliphatic rings. The van der Waals surface area contributed by atoms with Crippen molar-refractivity contribution >= 4 is 21.8 Å². The van der Waals surface area contributed by atoms with Gasteiger partial charge in [0, 0.05) is 70.3 Å². The fraction of sp³-hybridized carbons (Fsp3) is 0.0213. The Morgan fingerprint density at radius 1 is 0.577 bits per heavy atom. The first kappa shape index (κ1) is 29.6. The van der Waals surface area contributed by atoms with E-state index >= 15 is 0 Å². The summed E-state index contributed by atoms with van der Waals surface area (Å²) in [7, 11) is 0. The van der Waals surface area contributed by atoms with Gasteiger partial charge in [-0.15, -0.1) is 23.8 Å². The van der Waals surface area contributed by atoms with Crippen LogP contribution in [0.3, 0.4) is 0 Å². The summed E-state index contributed by atoms with van der Waals surface area (Å²) in [6.07, 6.45) is 1.76. The average Bonchev–Trinajstić information content (AvgIpc) is 3.56. The van der Waals surface area contributed by atoms with E-state index in [0.717, 1.165) is 49.7 Å². The quantitative estimate of drug-likeness (QED) is 0.170. The fourth-order valence-electron chi connectivity index (χ4n) is 6.98. The number of benzene rings is 6. The Morgan fingerprint density at radius 2 is 1.23 bits per heavy atom. The Hall–Kier alpha value is -6.09. The van der Waals surface area contributed by atoms with Gasteiger partial charge in [0.1, 0.15) is 5.75 Å². The van der Waals surface area contributed by atoms with Crippen molar-refractivity contribution in [3.05, 3.63) is 182 Å². The molecule has 0 fully saturated rings. The molecular weight excluding hydrogens is 818 g/mol. The number of para-hydroxylation sites is 4. The molecular formula is C47H32N3OPt-. The number of aromatic nitrogens is 3. The van der Waals surface area contributed by atoms with E-state index in [-0.39, 0.29) is 32.4 Å². The minimum atomic E-state index is -2.41. The van der Waals surface area contributed by atoms with Crippen LogP contribution in [0.5, 0.6) is 5.75 Å². The van der Waals surface area contributed by atoms with Crippen molar-refractivity contribution in [1.29, 1.82) is 0 Å². The second kappa shape index (κ2) is 13.9. The molecule has 3 heterocycles. The van der Waals surface area contributed by atoms with Gasteiger partial charge < -0.3 is 9.67 Å². The molecule has 0 unspecified atom stereocenters. The summed E-state index contributed by atoms with van der Waals surface area (Å²) in [6.45, 7) is -2.41. The van der Waals surface area contributed by atoms with Crippen LogP contribution in [-0.2, 0) is 21.1 Å². The van der Waals surface area contributed by atoms with Crippen molar-refractivity contribution in [3.63, 3.8) is 0 Å². The largest absolute Gasteiger partial charge is 0.507 e. The maximum absolute atomic E-state index is 10.8. The summed E-state index contributed by atoms with van der Waals surface area (Å²) in [5.41, 5.74) is 10.5. The minimum Gasteiger partial charge on any atom is -0.507 e. The van der Waals surface area contributed by atoms with Crippen molar-refractivity contribution in [2.45, 2.75) is 6.85 Å². The van der Waals surface area contributed by atoms with Gasteiger partial charge in [-0.2, -0.15) is 0 Å². The first-order valence-electron chi connectivity index (χ1n) is 18.3. The van der Waals surface area contributed by atoms with E-state index < -0.39 is 6.85 Å². The number of rotatable bonds is 6. The molecule has 6 aromatic carbocycles. The Balaban J connectivity index is 0.00000427. The van der Waals surface area contributed by atoms with Gasteiger partial charge in [-0.25, -0.2) is 0 Å². The number of pyridine rings is 2. The van der Waals surface area contributed by atoms with Gasteiger partial charge in [0.15, 0.2) is 0 Å². The van der Waals surface area contributed by atoms with Gasteiger partial charge in [-0.1, -0.05) is 127 Å². The smallest absolute Gasteiger partial charge is 0.124 e. The normalized spacial score (nSPS) is 12.2. The Labute approximate surface area is 321 Å². The zero-order valence-electron chi connectivity index (χ0n) is 30.8. The molecule has 0 atom stereocenters. The third kappa shape index (κ3) is 6.02. The van der Waals surface area contributed by atoms with Crippen molar-refractivity contribution in [2.75, 3.05) is 0 Å². The summed E-state index contributed by atoms with van der Waals surface area (Å²) >= 11 is 0. The molecule has 0 spiro atoms. The van der Waals surface area contributed by atoms with Gasteiger partial charge in [0.25, 0.3) is 0 Å². The number of phenols is 1. The van der Waals surface area contributed by atoms with Crippen LogP contribution >= 0.6 is 0 Å². The Morgan fingerprint density at radius 3 is 2.04 bits per heavy atom. The average molecular weight is 853 g/mol. The zero-order valence-corrected chi connectivity index (χ0v) is 30.0. The monoisotopic (exact) mass is 852 g/mol. The number of hydrogen-bond donors (Lipinski definition) is 1. The van der Waals surface area contributed by atoms with Crippen molar-refractivity contribution < 1.29 is 30.3 Å². The molecule has 0 aliphatic carbocycles. The van der Waals surface area contributed by atoms with Gasteiger partial charge >= 0.3 is 0 Å². The van der Waals surface area contributed by atoms with E-state index in [1.807, 2.05) is 84.9 Å².